The maximum absolute atomic E-state index is 12.8. The molecule has 2 aromatic carbocycles. The molecule has 0 saturated heterocycles. The summed E-state index contributed by atoms with van der Waals surface area (Å²) in [5, 5.41) is 3.82. The normalized spacial score (nSPS) is 10.8. The zero-order valence-electron chi connectivity index (χ0n) is 13.8. The molecular formula is C20H15BrN4O. The average Bonchev–Trinajstić information content (AvgIpc) is 3.21. The predicted octanol–water partition coefficient (Wildman–Crippen LogP) is 4.11. The summed E-state index contributed by atoms with van der Waals surface area (Å²) in [6.07, 6.45) is 5.16. The molecule has 0 aliphatic rings. The van der Waals surface area contributed by atoms with Gasteiger partial charge in [0.1, 0.15) is 12.1 Å². The number of pyridine rings is 1. The second-order valence-electron chi connectivity index (χ2n) is 5.82. The lowest BCUT2D eigenvalue weighted by atomic mass is 10.1. The van der Waals surface area contributed by atoms with E-state index in [1.54, 1.807) is 29.4 Å². The van der Waals surface area contributed by atoms with E-state index < -0.39 is 0 Å². The molecule has 0 saturated carbocycles. The Labute approximate surface area is 158 Å². The van der Waals surface area contributed by atoms with Crippen molar-refractivity contribution in [1.82, 2.24) is 19.9 Å². The first-order chi connectivity index (χ1) is 12.7. The molecule has 0 bridgehead atoms. The van der Waals surface area contributed by atoms with Gasteiger partial charge in [0.15, 0.2) is 0 Å². The quantitative estimate of drug-likeness (QED) is 0.554. The number of aromatic nitrogens is 3. The van der Waals surface area contributed by atoms with Crippen molar-refractivity contribution in [3.8, 4) is 5.82 Å². The van der Waals surface area contributed by atoms with Gasteiger partial charge in [-0.25, -0.2) is 9.97 Å². The molecule has 5 nitrogen and oxygen atoms in total. The number of carbonyl (C=O) groups is 1. The Morgan fingerprint density at radius 3 is 2.69 bits per heavy atom. The van der Waals surface area contributed by atoms with Crippen molar-refractivity contribution in [2.45, 2.75) is 6.54 Å². The first-order valence-electron chi connectivity index (χ1n) is 8.11. The van der Waals surface area contributed by atoms with Gasteiger partial charge in [-0.15, -0.1) is 0 Å². The third-order valence-electron chi connectivity index (χ3n) is 4.08. The number of hydrogen-bond donors (Lipinski definition) is 1. The fourth-order valence-electron chi connectivity index (χ4n) is 2.76. The maximum atomic E-state index is 12.8. The molecule has 6 heteroatoms. The Hall–Kier alpha value is -2.99. The number of benzene rings is 2. The van der Waals surface area contributed by atoms with Crippen molar-refractivity contribution in [2.75, 3.05) is 0 Å². The smallest absolute Gasteiger partial charge is 0.252 e. The van der Waals surface area contributed by atoms with Crippen molar-refractivity contribution in [2.24, 2.45) is 0 Å². The summed E-state index contributed by atoms with van der Waals surface area (Å²) in [6, 6.07) is 17.3. The molecule has 0 aliphatic heterocycles. The summed E-state index contributed by atoms with van der Waals surface area (Å²) in [5.74, 6) is 0.530. The van der Waals surface area contributed by atoms with Gasteiger partial charge in [-0.2, -0.15) is 0 Å². The molecule has 26 heavy (non-hydrogen) atoms. The zero-order chi connectivity index (χ0) is 17.9. The molecule has 1 N–H and O–H groups in total. The van der Waals surface area contributed by atoms with Crippen LogP contribution in [0.3, 0.4) is 0 Å². The molecule has 1 amide bonds. The standard InChI is InChI=1S/C20H15BrN4O/c21-15-7-5-14(6-8-15)12-23-20(26)17-11-19(25-10-9-22-13-25)24-18-4-2-1-3-16(17)18/h1-11,13H,12H2,(H,23,26). The van der Waals surface area contributed by atoms with Crippen LogP contribution in [0.5, 0.6) is 0 Å². The number of carbonyl (C=O) groups excluding carboxylic acids is 1. The maximum Gasteiger partial charge on any atom is 0.252 e. The van der Waals surface area contributed by atoms with Gasteiger partial charge in [-0.05, 0) is 29.8 Å². The van der Waals surface area contributed by atoms with Gasteiger partial charge in [0.2, 0.25) is 0 Å². The van der Waals surface area contributed by atoms with E-state index in [4.69, 9.17) is 0 Å². The van der Waals surface area contributed by atoms with E-state index >= 15 is 0 Å². The molecule has 0 spiro atoms. The number of nitrogens with zero attached hydrogens (tertiary/aromatic N) is 3. The van der Waals surface area contributed by atoms with E-state index in [2.05, 4.69) is 31.2 Å². The molecule has 0 atom stereocenters. The highest BCUT2D eigenvalue weighted by molar-refractivity contribution is 9.10. The topological polar surface area (TPSA) is 59.8 Å². The lowest BCUT2D eigenvalue weighted by Gasteiger charge is -2.11. The molecule has 128 valence electrons. The fraction of sp³-hybridized carbons (Fsp3) is 0.0500. The Kier molecular flexibility index (Phi) is 4.50. The van der Waals surface area contributed by atoms with Crippen LogP contribution in [-0.2, 0) is 6.54 Å². The van der Waals surface area contributed by atoms with Crippen LogP contribution in [0.15, 0.2) is 77.8 Å². The van der Waals surface area contributed by atoms with E-state index in [-0.39, 0.29) is 5.91 Å². The lowest BCUT2D eigenvalue weighted by Crippen LogP contribution is -2.23. The summed E-state index contributed by atoms with van der Waals surface area (Å²) in [5.41, 5.74) is 2.40. The number of amides is 1. The van der Waals surface area contributed by atoms with Gasteiger partial charge in [-0.1, -0.05) is 46.3 Å². The number of fused-ring (bicyclic) bond motifs is 1. The number of halogens is 1. The summed E-state index contributed by atoms with van der Waals surface area (Å²) in [6.45, 7) is 0.461. The molecule has 0 fully saturated rings. The molecule has 0 radical (unpaired) electrons. The second kappa shape index (κ2) is 7.09. The summed E-state index contributed by atoms with van der Waals surface area (Å²) in [7, 11) is 0. The first kappa shape index (κ1) is 16.5. The first-order valence-corrected chi connectivity index (χ1v) is 8.91. The molecular weight excluding hydrogens is 392 g/mol. The summed E-state index contributed by atoms with van der Waals surface area (Å²) >= 11 is 3.41. The minimum atomic E-state index is -0.132. The number of imidazole rings is 1. The number of hydrogen-bond acceptors (Lipinski definition) is 3. The van der Waals surface area contributed by atoms with E-state index in [1.807, 2.05) is 48.5 Å². The van der Waals surface area contributed by atoms with Crippen molar-refractivity contribution >= 4 is 32.7 Å². The Bertz CT molecular complexity index is 1060. The monoisotopic (exact) mass is 406 g/mol. The Morgan fingerprint density at radius 1 is 1.12 bits per heavy atom. The predicted molar refractivity (Wildman–Crippen MR) is 104 cm³/mol. The van der Waals surface area contributed by atoms with Crippen molar-refractivity contribution in [3.05, 3.63) is 88.9 Å². The highest BCUT2D eigenvalue weighted by Crippen LogP contribution is 2.20. The van der Waals surface area contributed by atoms with Crippen LogP contribution in [0.2, 0.25) is 0 Å². The van der Waals surface area contributed by atoms with E-state index in [0.717, 1.165) is 20.9 Å². The van der Waals surface area contributed by atoms with Gasteiger partial charge in [-0.3, -0.25) is 9.36 Å². The van der Waals surface area contributed by atoms with Gasteiger partial charge in [0.25, 0.3) is 5.91 Å². The third kappa shape index (κ3) is 3.36. The van der Waals surface area contributed by atoms with Crippen LogP contribution in [0.1, 0.15) is 15.9 Å². The van der Waals surface area contributed by atoms with Crippen molar-refractivity contribution in [1.29, 1.82) is 0 Å². The molecule has 0 aliphatic carbocycles. The molecule has 4 aromatic rings. The van der Waals surface area contributed by atoms with Gasteiger partial charge >= 0.3 is 0 Å². The van der Waals surface area contributed by atoms with Crippen LogP contribution < -0.4 is 5.32 Å². The Balaban J connectivity index is 1.67. The van der Waals surface area contributed by atoms with Crippen LogP contribution in [0.4, 0.5) is 0 Å². The zero-order valence-corrected chi connectivity index (χ0v) is 15.3. The molecule has 0 unspecified atom stereocenters. The fourth-order valence-corrected chi connectivity index (χ4v) is 3.02. The number of nitrogens with one attached hydrogen (secondary N) is 1. The largest absolute Gasteiger partial charge is 0.348 e. The minimum absolute atomic E-state index is 0.132. The van der Waals surface area contributed by atoms with Crippen LogP contribution in [0, 0.1) is 0 Å². The highest BCUT2D eigenvalue weighted by atomic mass is 79.9. The van der Waals surface area contributed by atoms with Gasteiger partial charge in [0, 0.05) is 28.8 Å². The van der Waals surface area contributed by atoms with Crippen molar-refractivity contribution < 1.29 is 4.79 Å². The lowest BCUT2D eigenvalue weighted by molar-refractivity contribution is 0.0952. The molecule has 2 heterocycles. The molecule has 4 rings (SSSR count). The number of rotatable bonds is 4. The van der Waals surface area contributed by atoms with Crippen LogP contribution in [-0.4, -0.2) is 20.4 Å². The van der Waals surface area contributed by atoms with Gasteiger partial charge in [0.05, 0.1) is 11.1 Å². The number of para-hydroxylation sites is 1. The van der Waals surface area contributed by atoms with Crippen LogP contribution in [0.25, 0.3) is 16.7 Å². The summed E-state index contributed by atoms with van der Waals surface area (Å²) < 4.78 is 2.80. The Morgan fingerprint density at radius 2 is 1.92 bits per heavy atom. The van der Waals surface area contributed by atoms with E-state index in [1.165, 1.54) is 0 Å². The van der Waals surface area contributed by atoms with Crippen LogP contribution >= 0.6 is 15.9 Å². The SMILES string of the molecule is O=C(NCc1ccc(Br)cc1)c1cc(-n2ccnc2)nc2ccccc12. The highest BCUT2D eigenvalue weighted by Gasteiger charge is 2.13. The van der Waals surface area contributed by atoms with E-state index in [9.17, 15) is 4.79 Å². The summed E-state index contributed by atoms with van der Waals surface area (Å²) in [4.78, 5) is 21.5. The van der Waals surface area contributed by atoms with Gasteiger partial charge < -0.3 is 5.32 Å². The van der Waals surface area contributed by atoms with E-state index in [0.29, 0.717) is 17.9 Å². The minimum Gasteiger partial charge on any atom is -0.348 e. The second-order valence-corrected chi connectivity index (χ2v) is 6.74. The molecule has 2 aromatic heterocycles. The third-order valence-corrected chi connectivity index (χ3v) is 4.61. The van der Waals surface area contributed by atoms with Crippen molar-refractivity contribution in [3.63, 3.8) is 0 Å². The average molecular weight is 407 g/mol.